The number of hydrogen-bond donors (Lipinski definition) is 1. The van der Waals surface area contributed by atoms with Gasteiger partial charge in [0.2, 0.25) is 0 Å². The van der Waals surface area contributed by atoms with Gasteiger partial charge in [0.15, 0.2) is 0 Å². The number of halogens is 1. The molecule has 1 aromatic carbocycles. The van der Waals surface area contributed by atoms with Gasteiger partial charge >= 0.3 is 0 Å². The Kier molecular flexibility index (Phi) is 5.59. The summed E-state index contributed by atoms with van der Waals surface area (Å²) in [6, 6.07) is 8.62. The number of nitrogens with two attached hydrogens (primary N) is 1. The third kappa shape index (κ3) is 3.55. The van der Waals surface area contributed by atoms with Crippen molar-refractivity contribution in [3.05, 3.63) is 51.3 Å². The summed E-state index contributed by atoms with van der Waals surface area (Å²) >= 11 is 3.69. The van der Waals surface area contributed by atoms with Crippen molar-refractivity contribution in [3.63, 3.8) is 0 Å². The van der Waals surface area contributed by atoms with Gasteiger partial charge in [0.1, 0.15) is 0 Å². The molecule has 4 heteroatoms. The van der Waals surface area contributed by atoms with Gasteiger partial charge in [-0.05, 0) is 46.8 Å². The van der Waals surface area contributed by atoms with Crippen molar-refractivity contribution < 1.29 is 0 Å². The topological polar surface area (TPSA) is 43.8 Å². The van der Waals surface area contributed by atoms with Crippen molar-refractivity contribution in [2.24, 2.45) is 5.73 Å². The number of nitrogens with zero attached hydrogens (tertiary/aromatic N) is 2. The zero-order valence-electron chi connectivity index (χ0n) is 13.1. The standard InChI is InChI=1S/C17H24BrN3/c1-4-12-7-9-13(10-8-12)14(19)11-16-17(18)15(5-2)20-21(16)6-3/h7-10,14H,4-6,11,19H2,1-3H3. The number of hydrogen-bond acceptors (Lipinski definition) is 2. The van der Waals surface area contributed by atoms with Gasteiger partial charge in [-0.2, -0.15) is 5.10 Å². The Morgan fingerprint density at radius 3 is 2.33 bits per heavy atom. The first-order valence-electron chi connectivity index (χ1n) is 7.69. The molecule has 114 valence electrons. The van der Waals surface area contributed by atoms with Gasteiger partial charge in [-0.25, -0.2) is 0 Å². The zero-order chi connectivity index (χ0) is 15.4. The molecule has 21 heavy (non-hydrogen) atoms. The number of rotatable bonds is 6. The third-order valence-electron chi connectivity index (χ3n) is 3.92. The van der Waals surface area contributed by atoms with E-state index in [2.05, 4.69) is 70.7 Å². The molecule has 1 heterocycles. The minimum Gasteiger partial charge on any atom is -0.324 e. The van der Waals surface area contributed by atoms with Gasteiger partial charge in [-0.3, -0.25) is 4.68 Å². The number of benzene rings is 1. The van der Waals surface area contributed by atoms with E-state index in [4.69, 9.17) is 5.73 Å². The Balaban J connectivity index is 2.22. The van der Waals surface area contributed by atoms with E-state index in [1.807, 2.05) is 0 Å². The van der Waals surface area contributed by atoms with Crippen molar-refractivity contribution in [2.45, 2.75) is 52.6 Å². The van der Waals surface area contributed by atoms with Crippen LogP contribution in [0, 0.1) is 0 Å². The van der Waals surface area contributed by atoms with Gasteiger partial charge in [0, 0.05) is 19.0 Å². The SMILES string of the molecule is CCc1ccc(C(N)Cc2c(Br)c(CC)nn2CC)cc1. The molecular weight excluding hydrogens is 326 g/mol. The van der Waals surface area contributed by atoms with Gasteiger partial charge in [-0.15, -0.1) is 0 Å². The monoisotopic (exact) mass is 349 g/mol. The fourth-order valence-electron chi connectivity index (χ4n) is 2.54. The largest absolute Gasteiger partial charge is 0.324 e. The Hall–Kier alpha value is -1.13. The lowest BCUT2D eigenvalue weighted by Crippen LogP contribution is -2.16. The molecule has 0 amide bonds. The van der Waals surface area contributed by atoms with Crippen LogP contribution in [0.25, 0.3) is 0 Å². The molecule has 0 fully saturated rings. The third-order valence-corrected chi connectivity index (χ3v) is 4.84. The normalized spacial score (nSPS) is 12.6. The first-order valence-corrected chi connectivity index (χ1v) is 8.48. The van der Waals surface area contributed by atoms with E-state index >= 15 is 0 Å². The van der Waals surface area contributed by atoms with Crippen molar-refractivity contribution in [2.75, 3.05) is 0 Å². The van der Waals surface area contributed by atoms with Crippen LogP contribution in [0.3, 0.4) is 0 Å². The van der Waals surface area contributed by atoms with Crippen molar-refractivity contribution >= 4 is 15.9 Å². The fourth-order valence-corrected chi connectivity index (χ4v) is 3.27. The molecule has 1 atom stereocenters. The maximum absolute atomic E-state index is 6.40. The second-order valence-electron chi connectivity index (χ2n) is 5.28. The first-order chi connectivity index (χ1) is 10.1. The molecule has 0 aliphatic rings. The highest BCUT2D eigenvalue weighted by Gasteiger charge is 2.17. The highest BCUT2D eigenvalue weighted by molar-refractivity contribution is 9.10. The molecule has 0 saturated heterocycles. The van der Waals surface area contributed by atoms with E-state index in [-0.39, 0.29) is 6.04 Å². The van der Waals surface area contributed by atoms with Gasteiger partial charge in [0.25, 0.3) is 0 Å². The summed E-state index contributed by atoms with van der Waals surface area (Å²) in [7, 11) is 0. The maximum Gasteiger partial charge on any atom is 0.0766 e. The molecular formula is C17H24BrN3. The number of aromatic nitrogens is 2. The van der Waals surface area contributed by atoms with Crippen LogP contribution in [0.15, 0.2) is 28.7 Å². The average Bonchev–Trinajstić information content (AvgIpc) is 2.83. The van der Waals surface area contributed by atoms with E-state index in [0.29, 0.717) is 0 Å². The van der Waals surface area contributed by atoms with E-state index < -0.39 is 0 Å². The Morgan fingerprint density at radius 1 is 1.14 bits per heavy atom. The molecule has 0 saturated carbocycles. The summed E-state index contributed by atoms with van der Waals surface area (Å²) in [6.07, 6.45) is 2.79. The summed E-state index contributed by atoms with van der Waals surface area (Å²) in [4.78, 5) is 0. The molecule has 0 aliphatic carbocycles. The summed E-state index contributed by atoms with van der Waals surface area (Å²) < 4.78 is 3.18. The summed E-state index contributed by atoms with van der Waals surface area (Å²) in [5, 5.41) is 4.64. The van der Waals surface area contributed by atoms with Crippen LogP contribution >= 0.6 is 15.9 Å². The summed E-state index contributed by atoms with van der Waals surface area (Å²) in [5.41, 5.74) is 11.2. The Bertz CT molecular complexity index is 587. The first kappa shape index (κ1) is 16.2. The van der Waals surface area contributed by atoms with Gasteiger partial charge in [-0.1, -0.05) is 38.1 Å². The van der Waals surface area contributed by atoms with Crippen molar-refractivity contribution in [1.82, 2.24) is 9.78 Å². The summed E-state index contributed by atoms with van der Waals surface area (Å²) in [5.74, 6) is 0. The van der Waals surface area contributed by atoms with E-state index in [9.17, 15) is 0 Å². The Morgan fingerprint density at radius 2 is 1.81 bits per heavy atom. The second kappa shape index (κ2) is 7.23. The van der Waals surface area contributed by atoms with E-state index in [1.165, 1.54) is 16.8 Å². The van der Waals surface area contributed by atoms with Gasteiger partial charge < -0.3 is 5.73 Å². The zero-order valence-corrected chi connectivity index (χ0v) is 14.7. The predicted octanol–water partition coefficient (Wildman–Crippen LogP) is 4.03. The molecule has 0 bridgehead atoms. The molecule has 2 N–H and O–H groups in total. The van der Waals surface area contributed by atoms with Crippen molar-refractivity contribution in [3.8, 4) is 0 Å². The number of aryl methyl sites for hydroxylation is 3. The molecule has 3 nitrogen and oxygen atoms in total. The summed E-state index contributed by atoms with van der Waals surface area (Å²) in [6.45, 7) is 7.28. The molecule has 2 aromatic rings. The smallest absolute Gasteiger partial charge is 0.0766 e. The van der Waals surface area contributed by atoms with Crippen molar-refractivity contribution in [1.29, 1.82) is 0 Å². The van der Waals surface area contributed by atoms with Crippen LogP contribution in [-0.2, 0) is 25.8 Å². The van der Waals surface area contributed by atoms with Crippen LogP contribution in [0.1, 0.15) is 49.3 Å². The second-order valence-corrected chi connectivity index (χ2v) is 6.08. The lowest BCUT2D eigenvalue weighted by atomic mass is 10.0. The maximum atomic E-state index is 6.40. The van der Waals surface area contributed by atoms with E-state index in [0.717, 1.165) is 36.0 Å². The molecule has 0 spiro atoms. The minimum absolute atomic E-state index is 0.00101. The average molecular weight is 350 g/mol. The quantitative estimate of drug-likeness (QED) is 0.855. The van der Waals surface area contributed by atoms with Crippen LogP contribution in [-0.4, -0.2) is 9.78 Å². The highest BCUT2D eigenvalue weighted by Crippen LogP contribution is 2.26. The minimum atomic E-state index is -0.00101. The molecule has 0 aliphatic heterocycles. The van der Waals surface area contributed by atoms with E-state index in [1.54, 1.807) is 0 Å². The predicted molar refractivity (Wildman–Crippen MR) is 91.4 cm³/mol. The van der Waals surface area contributed by atoms with Crippen LogP contribution in [0.4, 0.5) is 0 Å². The molecule has 0 radical (unpaired) electrons. The molecule has 2 rings (SSSR count). The lowest BCUT2D eigenvalue weighted by molar-refractivity contribution is 0.584. The molecule has 1 unspecified atom stereocenters. The lowest BCUT2D eigenvalue weighted by Gasteiger charge is -2.14. The highest BCUT2D eigenvalue weighted by atomic mass is 79.9. The van der Waals surface area contributed by atoms with Gasteiger partial charge in [0.05, 0.1) is 15.9 Å². The fraction of sp³-hybridized carbons (Fsp3) is 0.471. The van der Waals surface area contributed by atoms with Crippen LogP contribution in [0.2, 0.25) is 0 Å². The Labute approximate surface area is 135 Å². The molecule has 1 aromatic heterocycles. The van der Waals surface area contributed by atoms with Crippen LogP contribution < -0.4 is 5.73 Å². The van der Waals surface area contributed by atoms with Crippen LogP contribution in [0.5, 0.6) is 0 Å².